The number of thiazole rings is 1. The maximum Gasteiger partial charge on any atom is 0.306 e. The van der Waals surface area contributed by atoms with E-state index in [9.17, 15) is 63.7 Å². The minimum absolute atomic E-state index is 0.00728. The standard InChI is InChI=1S/C36H47N3O9S.C35H44FN3O9S.C35H44FN3O8S2/c1-21(2)17-39(49(42,43)27-10-12-30-32(16-27)47-36(38-30)37-25-8-9-25)18-31(40)24(13-22-5-4-6-26(14-22)44-3)15-33(41)48-34-23-7-11-28-29(34)20-46-35(28)45-19-23;1-19(2)15-39(49(42,43)24-7-9-28-31(14-24)47-35(38-28)37-23-5-6-23)16-29(40)21(10-20-4-8-27(36)30(11-20)44-3)13-32(41)48-33-22-12-25-26(33)18-46-34(25)45-17-22;1-19(2)15-39(49(42,43)24-7-9-28-31(14-24)48-35(38-28)37-23-5-6-23)16-29(40)21(10-20-4-8-27(36)30(11-20)44-3)13-32(41)47-33-22-12-25-26(33)18-46-34(25)45-17-22/h4-6,10,12,14,16,21,23-25,28-29,31,34-35,40H,7-9,11,13,15,17-20H2,1-3H3,(H,37,38);2*4,7-9,11,14,19,21-23,25-26,29,33-34,40H,5-6,10,12-13,15-18H2,1-3H3,(H,37,38)/t23?,24-,28?,29?,31-,34?,35?;2*21-,22?,25?,26?,29-,33?,34?/m111/s1. The first-order valence-electron chi connectivity index (χ1n) is 51.7. The van der Waals surface area contributed by atoms with Crippen molar-refractivity contribution in [1.82, 2.24) is 27.9 Å². The fourth-order valence-corrected chi connectivity index (χ4v) is 28.5. The minimum atomic E-state index is -4.12. The van der Waals surface area contributed by atoms with Gasteiger partial charge in [-0.3, -0.25) is 14.4 Å². The fraction of sp³-hybridized carbons (Fsp3) is 0.604. The third-order valence-electron chi connectivity index (χ3n) is 30.5. The summed E-state index contributed by atoms with van der Waals surface area (Å²) >= 11 is 1.42. The van der Waals surface area contributed by atoms with Crippen LogP contribution in [0.1, 0.15) is 142 Å². The summed E-state index contributed by atoms with van der Waals surface area (Å²) in [6, 6.07) is 32.1. The van der Waals surface area contributed by atoms with E-state index in [0.29, 0.717) is 121 Å². The Morgan fingerprint density at radius 3 is 1.21 bits per heavy atom. The van der Waals surface area contributed by atoms with Crippen LogP contribution >= 0.6 is 11.3 Å². The highest BCUT2D eigenvalue weighted by Gasteiger charge is 2.59. The van der Waals surface area contributed by atoms with E-state index in [4.69, 9.17) is 65.7 Å². The zero-order valence-electron chi connectivity index (χ0n) is 84.2. The van der Waals surface area contributed by atoms with Crippen molar-refractivity contribution in [2.24, 2.45) is 88.8 Å². The van der Waals surface area contributed by atoms with E-state index in [-0.39, 0.29) is 206 Å². The number of benzene rings is 6. The number of fused-ring (bicyclic) bond motifs is 7. The number of oxazole rings is 2. The second-order valence-electron chi connectivity index (χ2n) is 43.1. The van der Waals surface area contributed by atoms with Crippen LogP contribution in [0.4, 0.5) is 25.9 Å². The van der Waals surface area contributed by atoms with E-state index in [1.54, 1.807) is 49.6 Å². The molecule has 8 bridgehead atoms. The number of hydrogen-bond acceptors (Lipinski definition) is 33. The Morgan fingerprint density at radius 1 is 0.415 bits per heavy atom. The summed E-state index contributed by atoms with van der Waals surface area (Å²) < 4.78 is 199. The molecule has 9 aromatic rings. The van der Waals surface area contributed by atoms with Crippen molar-refractivity contribution in [3.63, 3.8) is 0 Å². The number of aromatic nitrogens is 3. The molecule has 22 rings (SSSR count). The lowest BCUT2D eigenvalue weighted by atomic mass is 9.74. The second-order valence-corrected chi connectivity index (χ2v) is 50.0. The van der Waals surface area contributed by atoms with Gasteiger partial charge in [-0.2, -0.15) is 22.9 Å². The topological polar surface area (TPSA) is 436 Å². The van der Waals surface area contributed by atoms with E-state index < -0.39 is 95.7 Å². The van der Waals surface area contributed by atoms with Crippen molar-refractivity contribution < 1.29 is 129 Å². The fourth-order valence-electron chi connectivity index (χ4n) is 22.5. The molecule has 41 heteroatoms. The van der Waals surface area contributed by atoms with E-state index >= 15 is 0 Å². The Hall–Kier alpha value is -9.41. The number of rotatable bonds is 45. The van der Waals surface area contributed by atoms with Gasteiger partial charge >= 0.3 is 17.9 Å². The van der Waals surface area contributed by atoms with Gasteiger partial charge in [0.25, 0.3) is 12.0 Å². The molecule has 6 N–H and O–H groups in total. The Balaban J connectivity index is 0.000000139. The molecular formula is C106H135F2N9O26S4. The van der Waals surface area contributed by atoms with Gasteiger partial charge in [0.05, 0.1) is 123 Å². The third kappa shape index (κ3) is 24.8. The van der Waals surface area contributed by atoms with Crippen molar-refractivity contribution in [2.45, 2.75) is 233 Å². The number of anilines is 3. The van der Waals surface area contributed by atoms with Gasteiger partial charge in [0.15, 0.2) is 58.3 Å². The van der Waals surface area contributed by atoms with Gasteiger partial charge in [-0.05, 0) is 197 Å². The number of aliphatic hydroxyl groups excluding tert-OH is 3. The van der Waals surface area contributed by atoms with Crippen LogP contribution in [0.5, 0.6) is 17.2 Å². The van der Waals surface area contributed by atoms with Crippen LogP contribution in [-0.4, -0.2) is 260 Å². The molecular weight excluding hydrogens is 1980 g/mol. The first-order valence-corrected chi connectivity index (χ1v) is 56.8. The average molecular weight is 2120 g/mol. The molecule has 13 fully saturated rings. The maximum absolute atomic E-state index is 14.3. The summed E-state index contributed by atoms with van der Waals surface area (Å²) in [7, 11) is -7.92. The van der Waals surface area contributed by atoms with Crippen LogP contribution in [0.25, 0.3) is 32.4 Å². The van der Waals surface area contributed by atoms with E-state index in [1.807, 2.05) is 65.8 Å². The highest BCUT2D eigenvalue weighted by molar-refractivity contribution is 7.89. The molecule has 7 saturated heterocycles. The molecule has 13 aliphatic rings. The molecule has 147 heavy (non-hydrogen) atoms. The molecule has 0 radical (unpaired) electrons. The van der Waals surface area contributed by atoms with Gasteiger partial charge in [0, 0.05) is 141 Å². The number of nitrogens with one attached hydrogen (secondary N) is 3. The molecule has 10 heterocycles. The first-order chi connectivity index (χ1) is 70.5. The highest BCUT2D eigenvalue weighted by Crippen LogP contribution is 2.53. The maximum atomic E-state index is 14.3. The molecule has 15 unspecified atom stereocenters. The summed E-state index contributed by atoms with van der Waals surface area (Å²) in [6.45, 7) is 14.0. The second kappa shape index (κ2) is 45.2. The molecule has 6 saturated carbocycles. The molecule has 21 atom stereocenters. The van der Waals surface area contributed by atoms with Crippen LogP contribution in [-0.2, 0) is 106 Å². The number of ether oxygens (including phenoxy) is 12. The van der Waals surface area contributed by atoms with Crippen molar-refractivity contribution >= 4 is 109 Å². The average Bonchev–Trinajstić information content (AvgIpc) is 1.60. The zero-order valence-corrected chi connectivity index (χ0v) is 87.4. The Labute approximate surface area is 859 Å². The number of halogens is 2. The number of sulfonamides is 3. The van der Waals surface area contributed by atoms with Gasteiger partial charge in [-0.25, -0.2) is 39.0 Å². The number of hydrogen-bond donors (Lipinski definition) is 6. The third-order valence-corrected chi connectivity index (χ3v) is 37.0. The molecule has 3 aromatic heterocycles. The molecule has 35 nitrogen and oxygen atoms in total. The Kier molecular flexibility index (Phi) is 32.6. The monoisotopic (exact) mass is 2120 g/mol. The summed E-state index contributed by atoms with van der Waals surface area (Å²) in [5, 5.41) is 46.0. The van der Waals surface area contributed by atoms with Crippen LogP contribution < -0.4 is 30.2 Å². The van der Waals surface area contributed by atoms with Crippen LogP contribution in [0.15, 0.2) is 139 Å². The number of nitrogens with zero attached hydrogens (tertiary/aromatic N) is 6. The van der Waals surface area contributed by atoms with E-state index in [1.165, 1.54) is 87.0 Å². The predicted octanol–water partition coefficient (Wildman–Crippen LogP) is 13.8. The van der Waals surface area contributed by atoms with Gasteiger partial charge in [0.2, 0.25) is 30.1 Å². The van der Waals surface area contributed by atoms with Gasteiger partial charge in [-0.15, -0.1) is 0 Å². The van der Waals surface area contributed by atoms with E-state index in [0.717, 1.165) is 79.6 Å². The zero-order chi connectivity index (χ0) is 103. The van der Waals surface area contributed by atoms with Crippen LogP contribution in [0.2, 0.25) is 0 Å². The number of aliphatic hydroxyl groups is 3. The smallest absolute Gasteiger partial charge is 0.306 e. The SMILES string of the molecule is COc1cc(C[C@H](CC(=O)OC2C3COC4OCC2C4C3)[C@H](O)CN(CC(C)C)S(=O)(=O)c2ccc3nc(NC4CC4)oc3c2)ccc1F.COc1cc(C[C@H](CC(=O)OC2C3COC4OCC2C4C3)[C@H](O)CN(CC(C)C)S(=O)(=O)c2ccc3nc(NC4CC4)sc3c2)ccc1F.COc1cccc(C[C@H](CC(=O)OC2C3CCC4C(OC3)OCC42)[C@H](O)CN(CC(C)C)S(=O)(=O)c2ccc3nc(NC4CC4)oc3c2)c1. The lowest BCUT2D eigenvalue weighted by molar-refractivity contribution is -0.179. The van der Waals surface area contributed by atoms with Crippen molar-refractivity contribution in [3.8, 4) is 17.2 Å². The summed E-state index contributed by atoms with van der Waals surface area (Å²) in [6.07, 6.45) is 4.79. The largest absolute Gasteiger partial charge is 0.497 e. The Morgan fingerprint density at radius 2 is 0.796 bits per heavy atom. The summed E-state index contributed by atoms with van der Waals surface area (Å²) in [5.74, 6) is -2.94. The lowest BCUT2D eigenvalue weighted by Crippen LogP contribution is -2.44. The molecule has 6 aromatic carbocycles. The minimum Gasteiger partial charge on any atom is -0.497 e. The number of carbonyl (C=O) groups excluding carboxylic acids is 3. The highest BCUT2D eigenvalue weighted by atomic mass is 32.2. The van der Waals surface area contributed by atoms with Gasteiger partial charge in [-0.1, -0.05) is 77.1 Å². The molecule has 798 valence electrons. The lowest BCUT2D eigenvalue weighted by Gasteiger charge is -2.36. The number of carbonyl (C=O) groups is 3. The predicted molar refractivity (Wildman–Crippen MR) is 537 cm³/mol. The molecule has 6 aliphatic carbocycles. The van der Waals surface area contributed by atoms with Crippen LogP contribution in [0.3, 0.4) is 0 Å². The van der Waals surface area contributed by atoms with Crippen molar-refractivity contribution in [2.75, 3.05) is 116 Å². The normalized spacial score (nSPS) is 26.1. The van der Waals surface area contributed by atoms with E-state index in [2.05, 4.69) is 30.9 Å². The Bertz CT molecular complexity index is 6270. The van der Waals surface area contributed by atoms with Crippen molar-refractivity contribution in [3.05, 3.63) is 144 Å². The first kappa shape index (κ1) is 106. The molecule has 7 aliphatic heterocycles. The van der Waals surface area contributed by atoms with Gasteiger partial charge < -0.3 is 96.9 Å². The summed E-state index contributed by atoms with van der Waals surface area (Å²) in [4.78, 5) is 54.5. The molecule has 0 amide bonds. The van der Waals surface area contributed by atoms with Crippen LogP contribution in [0, 0.1) is 100 Å². The van der Waals surface area contributed by atoms with Gasteiger partial charge in [0.1, 0.15) is 35.1 Å². The molecule has 0 spiro atoms. The number of esters is 3. The quantitative estimate of drug-likeness (QED) is 0.0152. The summed E-state index contributed by atoms with van der Waals surface area (Å²) in [5.41, 5.74) is 4.62. The number of methoxy groups -OCH3 is 3. The van der Waals surface area contributed by atoms with Crippen molar-refractivity contribution in [1.29, 1.82) is 0 Å².